The third kappa shape index (κ3) is 11.7. The van der Waals surface area contributed by atoms with Crippen LogP contribution in [0, 0.1) is 22.7 Å². The first kappa shape index (κ1) is 56.2. The fraction of sp³-hybridized carbons (Fsp3) is 0.130. The third-order valence-electron chi connectivity index (χ3n) is 15.2. The number of unbranched alkanes of at least 4 members (excludes halogenated alkanes) is 3. The predicted molar refractivity (Wildman–Crippen MR) is 348 cm³/mol. The number of thiazole rings is 2. The van der Waals surface area contributed by atoms with Crippen LogP contribution in [0.1, 0.15) is 49.0 Å². The van der Waals surface area contributed by atoms with Crippen LogP contribution >= 0.6 is 22.7 Å². The molecule has 0 fully saturated rings. The topological polar surface area (TPSA) is 156 Å². The number of fused-ring (bicyclic) bond motifs is 3. The monoisotopic (exact) mass is 1170 g/mol. The van der Waals surface area contributed by atoms with Crippen molar-refractivity contribution in [3.63, 3.8) is 0 Å². The first-order valence-corrected chi connectivity index (χ1v) is 31.7. The van der Waals surface area contributed by atoms with Crippen molar-refractivity contribution in [1.82, 2.24) is 18.9 Å². The van der Waals surface area contributed by atoms with Crippen molar-refractivity contribution in [1.29, 1.82) is 10.5 Å². The number of ether oxygens (including phenoxy) is 2. The van der Waals surface area contributed by atoms with Gasteiger partial charge in [0.25, 0.3) is 10.1 Å². The lowest BCUT2D eigenvalue weighted by atomic mass is 9.50. The fourth-order valence-corrected chi connectivity index (χ4v) is 13.9. The molecule has 8 aromatic carbocycles. The molecule has 12 rings (SSSR count). The Morgan fingerprint density at radius 2 is 0.847 bits per heavy atom. The van der Waals surface area contributed by atoms with Crippen molar-refractivity contribution in [2.45, 2.75) is 39.0 Å². The largest absolute Gasteiger partial charge is 0.494 e. The SMILES string of the molecule is CCCCCOc1ccc(-c2c3/c(=C(\C#N)c4nc5ccccc5s4)n(B(c4ccccc4)c4ccccc4)c(-c4ccc(OCCCCS(=O)(=O)O)cc4)c3/c(=C(\C#N)c3nc4ccccc4s3)n2B(c2ccccc2)c2ccccc2)cc1. The molecule has 11 nitrogen and oxygen atoms in total. The number of benzene rings is 8. The van der Waals surface area contributed by atoms with Crippen LogP contribution in [0.5, 0.6) is 11.5 Å². The second kappa shape index (κ2) is 25.3. The normalized spacial score (nSPS) is 12.2. The number of nitriles is 2. The number of aromatic nitrogens is 4. The molecule has 0 aliphatic carbocycles. The summed E-state index contributed by atoms with van der Waals surface area (Å²) in [4.78, 5) is 10.6. The number of hydrogen-bond donors (Lipinski definition) is 1. The van der Waals surface area contributed by atoms with Gasteiger partial charge in [-0.1, -0.05) is 187 Å². The number of para-hydroxylation sites is 2. The maximum absolute atomic E-state index is 12.3. The van der Waals surface area contributed by atoms with Gasteiger partial charge < -0.3 is 18.4 Å². The maximum atomic E-state index is 12.3. The summed E-state index contributed by atoms with van der Waals surface area (Å²) in [5.74, 6) is 0.915. The van der Waals surface area contributed by atoms with Crippen LogP contribution in [-0.4, -0.2) is 64.6 Å². The van der Waals surface area contributed by atoms with Crippen LogP contribution in [0.15, 0.2) is 218 Å². The molecule has 0 saturated heterocycles. The number of hydrogen-bond acceptors (Lipinski definition) is 10. The highest BCUT2D eigenvalue weighted by Gasteiger charge is 2.38. The van der Waals surface area contributed by atoms with Gasteiger partial charge in [-0.2, -0.15) is 18.9 Å². The Kier molecular flexibility index (Phi) is 16.7. The molecule has 12 aromatic rings. The summed E-state index contributed by atoms with van der Waals surface area (Å²) in [7, 11) is -4.12. The highest BCUT2D eigenvalue weighted by Crippen LogP contribution is 2.39. The van der Waals surface area contributed by atoms with Crippen LogP contribution in [0.4, 0.5) is 0 Å². The molecular formula is C69H56B2N6O5S3. The van der Waals surface area contributed by atoms with Gasteiger partial charge in [0.05, 0.1) is 50.1 Å². The summed E-state index contributed by atoms with van der Waals surface area (Å²) in [5.41, 5.74) is 9.07. The lowest BCUT2D eigenvalue weighted by molar-refractivity contribution is 0.306. The Bertz CT molecular complexity index is 4430. The zero-order valence-corrected chi connectivity index (χ0v) is 49.0. The molecule has 0 aliphatic rings. The molecule has 1 N–H and O–H groups in total. The van der Waals surface area contributed by atoms with E-state index in [9.17, 15) is 23.5 Å². The lowest BCUT2D eigenvalue weighted by Crippen LogP contribution is -2.54. The third-order valence-corrected chi connectivity index (χ3v) is 18.1. The highest BCUT2D eigenvalue weighted by atomic mass is 32.2. The molecule has 16 heteroatoms. The Labute approximate surface area is 502 Å². The molecule has 0 spiro atoms. The van der Waals surface area contributed by atoms with Crippen LogP contribution in [0.25, 0.3) is 64.9 Å². The molecule has 0 saturated carbocycles. The van der Waals surface area contributed by atoms with E-state index in [1.54, 1.807) is 0 Å². The smallest absolute Gasteiger partial charge is 0.328 e. The van der Waals surface area contributed by atoms with Crippen LogP contribution in [0.2, 0.25) is 0 Å². The molecule has 0 bridgehead atoms. The van der Waals surface area contributed by atoms with Gasteiger partial charge in [-0.05, 0) is 103 Å². The summed E-state index contributed by atoms with van der Waals surface area (Å²) < 4.78 is 51.8. The van der Waals surface area contributed by atoms with Gasteiger partial charge in [-0.15, -0.1) is 22.7 Å². The van der Waals surface area contributed by atoms with Crippen molar-refractivity contribution < 1.29 is 22.4 Å². The van der Waals surface area contributed by atoms with Crippen LogP contribution in [-0.2, 0) is 10.1 Å². The maximum Gasteiger partial charge on any atom is 0.328 e. The summed E-state index contributed by atoms with van der Waals surface area (Å²) in [6, 6.07) is 78.9. The zero-order chi connectivity index (χ0) is 58.3. The van der Waals surface area contributed by atoms with Crippen molar-refractivity contribution in [3.8, 4) is 46.2 Å². The van der Waals surface area contributed by atoms with Gasteiger partial charge in [0.2, 0.25) is 0 Å². The van der Waals surface area contributed by atoms with Crippen molar-refractivity contribution in [2.24, 2.45) is 0 Å². The first-order valence-electron chi connectivity index (χ1n) is 28.4. The number of nitrogens with zero attached hydrogens (tertiary/aromatic N) is 6. The fourth-order valence-electron chi connectivity index (χ4n) is 11.4. The van der Waals surface area contributed by atoms with E-state index in [2.05, 4.69) is 88.7 Å². The van der Waals surface area contributed by atoms with Crippen molar-refractivity contribution >= 4 is 111 Å². The van der Waals surface area contributed by atoms with E-state index in [4.69, 9.17) is 19.4 Å². The summed E-state index contributed by atoms with van der Waals surface area (Å²) in [6.45, 7) is 1.81. The summed E-state index contributed by atoms with van der Waals surface area (Å²) in [5, 5.41) is 28.4. The second-order valence-electron chi connectivity index (χ2n) is 20.7. The van der Waals surface area contributed by atoms with E-state index in [0.717, 1.165) is 95.2 Å². The van der Waals surface area contributed by atoms with Gasteiger partial charge in [0.15, 0.2) is 0 Å². The molecule has 0 unspecified atom stereocenters. The minimum atomic E-state index is -4.12. The Morgan fingerprint density at radius 1 is 0.494 bits per heavy atom. The van der Waals surface area contributed by atoms with E-state index in [1.807, 2.05) is 158 Å². The van der Waals surface area contributed by atoms with E-state index in [1.165, 1.54) is 22.7 Å². The summed E-state index contributed by atoms with van der Waals surface area (Å²) >= 11 is 2.93. The van der Waals surface area contributed by atoms with Crippen molar-refractivity contribution in [3.05, 3.63) is 239 Å². The standard InChI is InChI=1S/C69H56B2N6O5S3/c1-2-3-20-43-81-54-39-35-48(36-40-54)64-62-63(67(57(47-73)69-75-59-32-17-19-34-61(59)84-69)76(64)70(50-23-8-4-9-24-50)51-25-10-5-11-26-51)65(49-37-41-55(42-38-49)82-44-21-22-45-85(78,79)80)77(71(52-27-12-6-13-28-52)53-29-14-7-15-30-53)66(62)56(46-72)68-74-58-31-16-18-33-60(58)83-68/h4-19,23-42H,2-3,20-22,43-45H2,1H3,(H,78,79,80)/b66-56-,67-57-. The van der Waals surface area contributed by atoms with Crippen LogP contribution < -0.4 is 42.0 Å². The molecule has 0 amide bonds. The molecule has 85 heavy (non-hydrogen) atoms. The zero-order valence-electron chi connectivity index (χ0n) is 46.6. The lowest BCUT2D eigenvalue weighted by Gasteiger charge is -2.24. The minimum absolute atomic E-state index is 0.217. The molecule has 0 aliphatic heterocycles. The average Bonchev–Trinajstić information content (AvgIpc) is 2.17. The van der Waals surface area contributed by atoms with Gasteiger partial charge in [0, 0.05) is 22.2 Å². The van der Waals surface area contributed by atoms with E-state index < -0.39 is 23.8 Å². The van der Waals surface area contributed by atoms with Crippen molar-refractivity contribution in [2.75, 3.05) is 19.0 Å². The molecule has 4 heterocycles. The molecule has 4 aromatic heterocycles. The molecular weight excluding hydrogens is 1110 g/mol. The van der Waals surface area contributed by atoms with Gasteiger partial charge in [-0.3, -0.25) is 4.55 Å². The van der Waals surface area contributed by atoms with E-state index >= 15 is 0 Å². The number of rotatable bonds is 21. The Hall–Kier alpha value is -9.28. The Morgan fingerprint density at radius 3 is 1.19 bits per heavy atom. The van der Waals surface area contributed by atoms with Gasteiger partial charge in [-0.25, -0.2) is 9.97 Å². The van der Waals surface area contributed by atoms with Gasteiger partial charge >= 0.3 is 13.7 Å². The predicted octanol–water partition coefficient (Wildman–Crippen LogP) is 11.4. The molecule has 416 valence electrons. The van der Waals surface area contributed by atoms with Crippen LogP contribution in [0.3, 0.4) is 0 Å². The van der Waals surface area contributed by atoms with Gasteiger partial charge in [0.1, 0.15) is 44.8 Å². The minimum Gasteiger partial charge on any atom is -0.494 e. The summed E-state index contributed by atoms with van der Waals surface area (Å²) in [6.07, 6.45) is 3.67. The highest BCUT2D eigenvalue weighted by molar-refractivity contribution is 7.85. The Balaban J connectivity index is 1.33. The molecule has 0 radical (unpaired) electrons. The first-order chi connectivity index (χ1) is 41.7. The van der Waals surface area contributed by atoms with E-state index in [-0.39, 0.29) is 18.8 Å². The average molecular weight is 1170 g/mol. The molecule has 0 atom stereocenters. The quantitative estimate of drug-likeness (QED) is 0.0420. The second-order valence-corrected chi connectivity index (χ2v) is 24.4. The van der Waals surface area contributed by atoms with E-state index in [0.29, 0.717) is 56.0 Å².